The maximum absolute atomic E-state index is 14.1. The fourth-order valence-electron chi connectivity index (χ4n) is 2.49. The van der Waals surface area contributed by atoms with Gasteiger partial charge in [-0.2, -0.15) is 0 Å². The van der Waals surface area contributed by atoms with Crippen molar-refractivity contribution in [1.82, 2.24) is 9.88 Å². The molecule has 0 atom stereocenters. The fraction of sp³-hybridized carbons (Fsp3) is 0.294. The van der Waals surface area contributed by atoms with Crippen molar-refractivity contribution in [3.8, 4) is 11.3 Å². The number of halogens is 1. The molecular formula is C17H17FN2O2. The summed E-state index contributed by atoms with van der Waals surface area (Å²) in [4.78, 5) is 18.4. The van der Waals surface area contributed by atoms with Crippen molar-refractivity contribution in [1.29, 1.82) is 0 Å². The molecule has 1 fully saturated rings. The number of carbonyl (C=O) groups is 1. The molecule has 1 aromatic carbocycles. The monoisotopic (exact) mass is 300 g/mol. The summed E-state index contributed by atoms with van der Waals surface area (Å²) in [6.45, 7) is 4.09. The number of ether oxygens (including phenoxy) is 1. The van der Waals surface area contributed by atoms with Gasteiger partial charge in [0.05, 0.1) is 18.9 Å². The summed E-state index contributed by atoms with van der Waals surface area (Å²) in [6, 6.07) is 8.29. The standard InChI is InChI=1S/C17H17FN2O2/c1-12-2-3-14(15(18)10-12)16-11-13(4-5-19-16)17(21)20-6-8-22-9-7-20/h2-5,10-11H,6-9H2,1H3. The fourth-order valence-corrected chi connectivity index (χ4v) is 2.49. The Labute approximate surface area is 128 Å². The van der Waals surface area contributed by atoms with Crippen LogP contribution < -0.4 is 0 Å². The summed E-state index contributed by atoms with van der Waals surface area (Å²) in [6.07, 6.45) is 1.54. The van der Waals surface area contributed by atoms with Gasteiger partial charge in [-0.25, -0.2) is 4.39 Å². The molecule has 22 heavy (non-hydrogen) atoms. The van der Waals surface area contributed by atoms with Crippen molar-refractivity contribution in [3.05, 3.63) is 53.5 Å². The molecular weight excluding hydrogens is 283 g/mol. The van der Waals surface area contributed by atoms with Crippen molar-refractivity contribution < 1.29 is 13.9 Å². The zero-order valence-corrected chi connectivity index (χ0v) is 12.4. The van der Waals surface area contributed by atoms with Crippen molar-refractivity contribution in [2.24, 2.45) is 0 Å². The first-order chi connectivity index (χ1) is 10.6. The van der Waals surface area contributed by atoms with E-state index < -0.39 is 0 Å². The molecule has 2 aromatic rings. The molecule has 1 amide bonds. The molecule has 0 N–H and O–H groups in total. The van der Waals surface area contributed by atoms with Gasteiger partial charge in [0.2, 0.25) is 0 Å². The van der Waals surface area contributed by atoms with E-state index in [2.05, 4.69) is 4.98 Å². The average Bonchev–Trinajstić information content (AvgIpc) is 2.55. The molecule has 0 bridgehead atoms. The average molecular weight is 300 g/mol. The van der Waals surface area contributed by atoms with E-state index in [0.29, 0.717) is 43.1 Å². The van der Waals surface area contributed by atoms with Crippen molar-refractivity contribution in [2.45, 2.75) is 6.92 Å². The van der Waals surface area contributed by atoms with E-state index in [1.807, 2.05) is 13.0 Å². The summed E-state index contributed by atoms with van der Waals surface area (Å²) in [5, 5.41) is 0. The van der Waals surface area contributed by atoms with E-state index in [-0.39, 0.29) is 11.7 Å². The van der Waals surface area contributed by atoms with Gasteiger partial charge in [-0.05, 0) is 36.8 Å². The van der Waals surface area contributed by atoms with Crippen LogP contribution in [-0.4, -0.2) is 42.1 Å². The lowest BCUT2D eigenvalue weighted by atomic mass is 10.1. The summed E-state index contributed by atoms with van der Waals surface area (Å²) >= 11 is 0. The lowest BCUT2D eigenvalue weighted by Gasteiger charge is -2.26. The van der Waals surface area contributed by atoms with E-state index >= 15 is 0 Å². The third-order valence-corrected chi connectivity index (χ3v) is 3.71. The largest absolute Gasteiger partial charge is 0.378 e. The predicted octanol–water partition coefficient (Wildman–Crippen LogP) is 2.67. The number of carbonyl (C=O) groups excluding carboxylic acids is 1. The second-order valence-corrected chi connectivity index (χ2v) is 5.32. The number of benzene rings is 1. The second kappa shape index (κ2) is 6.23. The number of aromatic nitrogens is 1. The van der Waals surface area contributed by atoms with Gasteiger partial charge in [-0.15, -0.1) is 0 Å². The molecule has 0 spiro atoms. The van der Waals surface area contributed by atoms with E-state index in [4.69, 9.17) is 4.74 Å². The Hall–Kier alpha value is -2.27. The van der Waals surface area contributed by atoms with E-state index in [1.54, 1.807) is 29.3 Å². The summed E-state index contributed by atoms with van der Waals surface area (Å²) in [7, 11) is 0. The smallest absolute Gasteiger partial charge is 0.254 e. The molecule has 1 saturated heterocycles. The van der Waals surface area contributed by atoms with Gasteiger partial charge >= 0.3 is 0 Å². The van der Waals surface area contributed by atoms with Crippen LogP contribution in [0.1, 0.15) is 15.9 Å². The number of aryl methyl sites for hydroxylation is 1. The summed E-state index contributed by atoms with van der Waals surface area (Å²) < 4.78 is 19.3. The highest BCUT2D eigenvalue weighted by Gasteiger charge is 2.19. The van der Waals surface area contributed by atoms with Crippen molar-refractivity contribution in [2.75, 3.05) is 26.3 Å². The Morgan fingerprint density at radius 3 is 2.73 bits per heavy atom. The Bertz CT molecular complexity index is 697. The minimum absolute atomic E-state index is 0.0699. The molecule has 1 aromatic heterocycles. The Morgan fingerprint density at radius 1 is 1.23 bits per heavy atom. The number of hydrogen-bond acceptors (Lipinski definition) is 3. The molecule has 0 aliphatic carbocycles. The molecule has 4 nitrogen and oxygen atoms in total. The van der Waals surface area contributed by atoms with Gasteiger partial charge in [0.25, 0.3) is 5.91 Å². The molecule has 0 saturated carbocycles. The van der Waals surface area contributed by atoms with E-state index in [1.165, 1.54) is 6.07 Å². The number of hydrogen-bond donors (Lipinski definition) is 0. The van der Waals surface area contributed by atoms with Crippen LogP contribution in [0.2, 0.25) is 0 Å². The van der Waals surface area contributed by atoms with Gasteiger partial charge in [0.1, 0.15) is 5.82 Å². The van der Waals surface area contributed by atoms with Crippen LogP contribution in [0.5, 0.6) is 0 Å². The third kappa shape index (κ3) is 2.99. The number of pyridine rings is 1. The number of nitrogens with zero attached hydrogens (tertiary/aromatic N) is 2. The zero-order valence-electron chi connectivity index (χ0n) is 12.4. The molecule has 0 unspecified atom stereocenters. The maximum atomic E-state index is 14.1. The normalized spacial score (nSPS) is 14.9. The Balaban J connectivity index is 1.90. The summed E-state index contributed by atoms with van der Waals surface area (Å²) in [5.41, 5.74) is 2.24. The first-order valence-electron chi connectivity index (χ1n) is 7.25. The van der Waals surface area contributed by atoms with Crippen LogP contribution in [0.4, 0.5) is 4.39 Å². The van der Waals surface area contributed by atoms with Crippen LogP contribution in [0.25, 0.3) is 11.3 Å². The molecule has 3 rings (SSSR count). The SMILES string of the molecule is Cc1ccc(-c2cc(C(=O)N3CCOCC3)ccn2)c(F)c1. The molecule has 1 aliphatic heterocycles. The lowest BCUT2D eigenvalue weighted by molar-refractivity contribution is 0.0303. The second-order valence-electron chi connectivity index (χ2n) is 5.32. The number of amides is 1. The minimum atomic E-state index is -0.330. The van der Waals surface area contributed by atoms with Crippen molar-refractivity contribution >= 4 is 5.91 Å². The molecule has 0 radical (unpaired) electrons. The van der Waals surface area contributed by atoms with Gasteiger partial charge in [-0.1, -0.05) is 6.07 Å². The maximum Gasteiger partial charge on any atom is 0.254 e. The Morgan fingerprint density at radius 2 is 2.00 bits per heavy atom. The minimum Gasteiger partial charge on any atom is -0.378 e. The van der Waals surface area contributed by atoms with Gasteiger partial charge in [0.15, 0.2) is 0 Å². The first kappa shape index (κ1) is 14.7. The van der Waals surface area contributed by atoms with Crippen LogP contribution in [0, 0.1) is 12.7 Å². The van der Waals surface area contributed by atoms with Gasteiger partial charge < -0.3 is 9.64 Å². The van der Waals surface area contributed by atoms with Crippen molar-refractivity contribution in [3.63, 3.8) is 0 Å². The van der Waals surface area contributed by atoms with E-state index in [0.717, 1.165) is 5.56 Å². The highest BCUT2D eigenvalue weighted by Crippen LogP contribution is 2.23. The van der Waals surface area contributed by atoms with E-state index in [9.17, 15) is 9.18 Å². The lowest BCUT2D eigenvalue weighted by Crippen LogP contribution is -2.40. The van der Waals surface area contributed by atoms with Gasteiger partial charge in [0, 0.05) is 30.4 Å². The quantitative estimate of drug-likeness (QED) is 0.856. The highest BCUT2D eigenvalue weighted by molar-refractivity contribution is 5.95. The Kier molecular flexibility index (Phi) is 4.15. The topological polar surface area (TPSA) is 42.4 Å². The van der Waals surface area contributed by atoms with Crippen LogP contribution in [0.15, 0.2) is 36.5 Å². The van der Waals surface area contributed by atoms with Crippen LogP contribution in [0.3, 0.4) is 0 Å². The first-order valence-corrected chi connectivity index (χ1v) is 7.25. The summed E-state index contributed by atoms with van der Waals surface area (Å²) in [5.74, 6) is -0.400. The highest BCUT2D eigenvalue weighted by atomic mass is 19.1. The molecule has 2 heterocycles. The number of morpholine rings is 1. The van der Waals surface area contributed by atoms with Crippen LogP contribution in [-0.2, 0) is 4.74 Å². The van der Waals surface area contributed by atoms with Crippen LogP contribution >= 0.6 is 0 Å². The van der Waals surface area contributed by atoms with Gasteiger partial charge in [-0.3, -0.25) is 9.78 Å². The third-order valence-electron chi connectivity index (χ3n) is 3.71. The number of rotatable bonds is 2. The molecule has 5 heteroatoms. The molecule has 1 aliphatic rings. The zero-order chi connectivity index (χ0) is 15.5. The molecule has 114 valence electrons. The predicted molar refractivity (Wildman–Crippen MR) is 81.1 cm³/mol.